The molecule has 0 radical (unpaired) electrons. The van der Waals surface area contributed by atoms with E-state index in [4.69, 9.17) is 0 Å². The zero-order valence-corrected chi connectivity index (χ0v) is 8.67. The van der Waals surface area contributed by atoms with Crippen molar-refractivity contribution >= 4 is 26.0 Å². The quantitative estimate of drug-likeness (QED) is 0.582. The van der Waals surface area contributed by atoms with Crippen molar-refractivity contribution in [2.24, 2.45) is 0 Å². The van der Waals surface area contributed by atoms with E-state index in [0.717, 1.165) is 11.8 Å². The predicted molar refractivity (Wildman–Crippen MR) is 46.0 cm³/mol. The largest absolute Gasteiger partial charge is 0.350 e. The molecule has 74 valence electrons. The molecule has 0 aliphatic carbocycles. The highest BCUT2D eigenvalue weighted by atomic mass is 79.9. The number of halogens is 3. The van der Waals surface area contributed by atoms with Gasteiger partial charge in [0.05, 0.1) is 0 Å². The van der Waals surface area contributed by atoms with Gasteiger partial charge in [-0.05, 0) is 12.8 Å². The molecular weight excluding hydrogens is 256 g/mol. The minimum atomic E-state index is -4.38. The molecule has 0 atom stereocenters. The van der Waals surface area contributed by atoms with E-state index in [0.29, 0.717) is 6.42 Å². The van der Waals surface area contributed by atoms with Crippen LogP contribution in [0.1, 0.15) is 12.8 Å². The van der Waals surface area contributed by atoms with Crippen molar-refractivity contribution in [3.05, 3.63) is 0 Å². The van der Waals surface area contributed by atoms with Gasteiger partial charge in [-0.2, -0.15) is 8.78 Å². The number of hydrogen-bond donors (Lipinski definition) is 1. The van der Waals surface area contributed by atoms with Gasteiger partial charge >= 0.3 is 5.76 Å². The van der Waals surface area contributed by atoms with Crippen molar-refractivity contribution in [1.82, 2.24) is 4.72 Å². The molecule has 1 N–H and O–H groups in total. The van der Waals surface area contributed by atoms with Crippen LogP contribution in [0.25, 0.3) is 0 Å². The summed E-state index contributed by atoms with van der Waals surface area (Å²) in [4.78, 5) is 0. The number of rotatable bonds is 6. The summed E-state index contributed by atoms with van der Waals surface area (Å²) in [6.45, 7) is 0.0677. The molecule has 0 heterocycles. The first-order valence-corrected chi connectivity index (χ1v) is 6.00. The van der Waals surface area contributed by atoms with Crippen molar-refractivity contribution in [2.45, 2.75) is 18.6 Å². The predicted octanol–water partition coefficient (Wildman–Crippen LogP) is 1.30. The highest BCUT2D eigenvalue weighted by Crippen LogP contribution is 2.01. The second-order valence-corrected chi connectivity index (χ2v) is 4.62. The molecule has 0 unspecified atom stereocenters. The summed E-state index contributed by atoms with van der Waals surface area (Å²) in [6.07, 6.45) is 1.31. The average molecular weight is 266 g/mol. The highest BCUT2D eigenvalue weighted by molar-refractivity contribution is 9.09. The van der Waals surface area contributed by atoms with Crippen LogP contribution in [0, 0.1) is 0 Å². The molecule has 0 aromatic carbocycles. The fraction of sp³-hybridized carbons (Fsp3) is 1.00. The number of sulfonamides is 1. The maximum Gasteiger partial charge on any atom is 0.350 e. The van der Waals surface area contributed by atoms with Crippen LogP contribution in [0.5, 0.6) is 0 Å². The molecular formula is C5H10BrF2NO2S. The summed E-state index contributed by atoms with van der Waals surface area (Å²) in [5, 5.41) is 0.739. The first-order chi connectivity index (χ1) is 5.50. The molecule has 0 aromatic heterocycles. The molecule has 0 aliphatic heterocycles. The first kappa shape index (κ1) is 12.2. The van der Waals surface area contributed by atoms with E-state index in [1.54, 1.807) is 4.72 Å². The van der Waals surface area contributed by atoms with E-state index >= 15 is 0 Å². The lowest BCUT2D eigenvalue weighted by molar-refractivity contribution is 0.232. The Morgan fingerprint density at radius 2 is 1.92 bits per heavy atom. The normalized spacial score (nSPS) is 12.3. The summed E-state index contributed by atoms with van der Waals surface area (Å²) < 4.78 is 46.0. The van der Waals surface area contributed by atoms with Gasteiger partial charge in [0.1, 0.15) is 0 Å². The molecule has 12 heavy (non-hydrogen) atoms. The van der Waals surface area contributed by atoms with Crippen LogP contribution >= 0.6 is 15.9 Å². The SMILES string of the molecule is O=S(=O)(NCCCCBr)C(F)F. The van der Waals surface area contributed by atoms with Crippen molar-refractivity contribution in [1.29, 1.82) is 0 Å². The Morgan fingerprint density at radius 3 is 2.33 bits per heavy atom. The molecule has 0 aromatic rings. The molecule has 0 rings (SSSR count). The van der Waals surface area contributed by atoms with Crippen LogP contribution in [-0.2, 0) is 10.0 Å². The molecule has 0 amide bonds. The minimum absolute atomic E-state index is 0.0677. The van der Waals surface area contributed by atoms with Gasteiger partial charge in [0.25, 0.3) is 10.0 Å². The van der Waals surface area contributed by atoms with E-state index in [1.807, 2.05) is 0 Å². The van der Waals surface area contributed by atoms with Gasteiger partial charge < -0.3 is 0 Å². The second kappa shape index (κ2) is 5.82. The number of alkyl halides is 3. The monoisotopic (exact) mass is 265 g/mol. The minimum Gasteiger partial charge on any atom is -0.210 e. The fourth-order valence-corrected chi connectivity index (χ4v) is 1.45. The molecule has 0 saturated carbocycles. The van der Waals surface area contributed by atoms with Gasteiger partial charge in [0.2, 0.25) is 0 Å². The van der Waals surface area contributed by atoms with Gasteiger partial charge in [0, 0.05) is 11.9 Å². The average Bonchev–Trinajstić information content (AvgIpc) is 1.98. The van der Waals surface area contributed by atoms with Gasteiger partial charge in [-0.1, -0.05) is 15.9 Å². The maximum atomic E-state index is 11.7. The van der Waals surface area contributed by atoms with E-state index in [9.17, 15) is 17.2 Å². The standard InChI is InChI=1S/C5H10BrF2NO2S/c6-3-1-2-4-9-12(10,11)5(7)8/h5,9H,1-4H2. The molecule has 0 saturated heterocycles. The van der Waals surface area contributed by atoms with Crippen molar-refractivity contribution in [2.75, 3.05) is 11.9 Å². The smallest absolute Gasteiger partial charge is 0.210 e. The lowest BCUT2D eigenvalue weighted by atomic mass is 10.3. The molecule has 0 bridgehead atoms. The summed E-state index contributed by atoms with van der Waals surface area (Å²) in [7, 11) is -4.38. The molecule has 0 spiro atoms. The summed E-state index contributed by atoms with van der Waals surface area (Å²) >= 11 is 3.13. The van der Waals surface area contributed by atoms with E-state index in [1.165, 1.54) is 0 Å². The lowest BCUT2D eigenvalue weighted by Crippen LogP contribution is -2.30. The van der Waals surface area contributed by atoms with E-state index in [-0.39, 0.29) is 6.54 Å². The van der Waals surface area contributed by atoms with Crippen molar-refractivity contribution in [3.63, 3.8) is 0 Å². The Morgan fingerprint density at radius 1 is 1.33 bits per heavy atom. The third-order valence-corrected chi connectivity index (χ3v) is 2.73. The molecule has 3 nitrogen and oxygen atoms in total. The summed E-state index contributed by atoms with van der Waals surface area (Å²) in [5.74, 6) is -3.33. The molecule has 0 fully saturated rings. The Labute approximate surface area is 78.7 Å². The number of hydrogen-bond acceptors (Lipinski definition) is 2. The van der Waals surface area contributed by atoms with Crippen molar-refractivity contribution < 1.29 is 17.2 Å². The van der Waals surface area contributed by atoms with Crippen LogP contribution < -0.4 is 4.72 Å². The molecule has 0 aliphatic rings. The lowest BCUT2D eigenvalue weighted by Gasteiger charge is -2.03. The van der Waals surface area contributed by atoms with Crippen molar-refractivity contribution in [3.8, 4) is 0 Å². The van der Waals surface area contributed by atoms with Crippen LogP contribution in [0.3, 0.4) is 0 Å². The van der Waals surface area contributed by atoms with Gasteiger partial charge in [0.15, 0.2) is 0 Å². The number of nitrogens with one attached hydrogen (secondary N) is 1. The van der Waals surface area contributed by atoms with Gasteiger partial charge in [-0.3, -0.25) is 0 Å². The van der Waals surface area contributed by atoms with Crippen LogP contribution in [0.2, 0.25) is 0 Å². The fourth-order valence-electron chi connectivity index (χ4n) is 0.497. The van der Waals surface area contributed by atoms with Crippen LogP contribution in [0.15, 0.2) is 0 Å². The third-order valence-electron chi connectivity index (χ3n) is 1.10. The Bertz CT molecular complexity index is 207. The van der Waals surface area contributed by atoms with Crippen LogP contribution in [0.4, 0.5) is 8.78 Å². The van der Waals surface area contributed by atoms with Gasteiger partial charge in [-0.15, -0.1) is 0 Å². The maximum absolute atomic E-state index is 11.7. The zero-order chi connectivity index (χ0) is 9.61. The zero-order valence-electron chi connectivity index (χ0n) is 6.26. The topological polar surface area (TPSA) is 46.2 Å². The second-order valence-electron chi connectivity index (χ2n) is 2.10. The molecule has 7 heteroatoms. The highest BCUT2D eigenvalue weighted by Gasteiger charge is 2.22. The van der Waals surface area contributed by atoms with E-state index in [2.05, 4.69) is 15.9 Å². The first-order valence-electron chi connectivity index (χ1n) is 3.33. The third kappa shape index (κ3) is 5.00. The summed E-state index contributed by atoms with van der Waals surface area (Å²) in [5.41, 5.74) is 0. The Hall–Kier alpha value is 0.250. The number of unbranched alkanes of at least 4 members (excludes halogenated alkanes) is 1. The summed E-state index contributed by atoms with van der Waals surface area (Å²) in [6, 6.07) is 0. The Kier molecular flexibility index (Phi) is 5.94. The van der Waals surface area contributed by atoms with Gasteiger partial charge in [-0.25, -0.2) is 13.1 Å². The van der Waals surface area contributed by atoms with E-state index < -0.39 is 15.8 Å². The Balaban J connectivity index is 3.63. The van der Waals surface area contributed by atoms with Crippen LogP contribution in [-0.4, -0.2) is 26.1 Å².